The lowest BCUT2D eigenvalue weighted by Crippen LogP contribution is -2.15. The van der Waals surface area contributed by atoms with Gasteiger partial charge in [0.15, 0.2) is 0 Å². The van der Waals surface area contributed by atoms with Crippen LogP contribution in [-0.4, -0.2) is 12.6 Å². The highest BCUT2D eigenvalue weighted by atomic mass is 16.5. The van der Waals surface area contributed by atoms with Gasteiger partial charge < -0.3 is 4.74 Å². The van der Waals surface area contributed by atoms with Gasteiger partial charge in [-0.2, -0.15) is 0 Å². The summed E-state index contributed by atoms with van der Waals surface area (Å²) >= 11 is 0. The van der Waals surface area contributed by atoms with E-state index in [4.69, 9.17) is 4.74 Å². The molecule has 0 aromatic rings. The Balaban J connectivity index is 3.34. The summed E-state index contributed by atoms with van der Waals surface area (Å²) < 4.78 is 5.34. The molecule has 0 radical (unpaired) electrons. The van der Waals surface area contributed by atoms with Crippen molar-refractivity contribution in [2.24, 2.45) is 11.8 Å². The molecule has 0 aliphatic heterocycles. The Kier molecular flexibility index (Phi) is 13.1. The Morgan fingerprint density at radius 1 is 0.850 bits per heavy atom. The van der Waals surface area contributed by atoms with Crippen molar-refractivity contribution in [3.05, 3.63) is 0 Å². The Bertz CT molecular complexity index is 223. The van der Waals surface area contributed by atoms with Crippen molar-refractivity contribution in [1.82, 2.24) is 0 Å². The van der Waals surface area contributed by atoms with Crippen LogP contribution < -0.4 is 0 Å². The molecule has 0 N–H and O–H groups in total. The monoisotopic (exact) mass is 284 g/mol. The third-order valence-corrected chi connectivity index (χ3v) is 3.81. The summed E-state index contributed by atoms with van der Waals surface area (Å²) in [6.07, 6.45) is 12.0. The molecule has 0 bridgehead atoms. The molecule has 20 heavy (non-hydrogen) atoms. The molecule has 0 saturated heterocycles. The van der Waals surface area contributed by atoms with Crippen LogP contribution in [0.1, 0.15) is 91.9 Å². The number of esters is 1. The Labute approximate surface area is 126 Å². The van der Waals surface area contributed by atoms with E-state index in [0.717, 1.165) is 25.2 Å². The second-order valence-corrected chi connectivity index (χ2v) is 6.51. The number of hydrogen-bond donors (Lipinski definition) is 0. The topological polar surface area (TPSA) is 26.3 Å². The van der Waals surface area contributed by atoms with E-state index in [2.05, 4.69) is 20.8 Å². The van der Waals surface area contributed by atoms with Crippen LogP contribution in [0, 0.1) is 11.8 Å². The molecule has 0 aromatic heterocycles. The highest BCUT2D eigenvalue weighted by Gasteiger charge is 2.13. The van der Waals surface area contributed by atoms with Crippen LogP contribution in [0.4, 0.5) is 0 Å². The van der Waals surface area contributed by atoms with Crippen molar-refractivity contribution < 1.29 is 9.53 Å². The molecule has 0 aromatic carbocycles. The molecule has 0 fully saturated rings. The van der Waals surface area contributed by atoms with Crippen molar-refractivity contribution in [2.75, 3.05) is 6.61 Å². The fraction of sp³-hybridized carbons (Fsp3) is 0.944. The van der Waals surface area contributed by atoms with E-state index in [0.29, 0.717) is 6.61 Å². The van der Waals surface area contributed by atoms with Crippen LogP contribution in [0.15, 0.2) is 0 Å². The van der Waals surface area contributed by atoms with E-state index >= 15 is 0 Å². The quantitative estimate of drug-likeness (QED) is 0.318. The third-order valence-electron chi connectivity index (χ3n) is 3.81. The molecule has 0 aliphatic carbocycles. The first-order valence-corrected chi connectivity index (χ1v) is 8.74. The van der Waals surface area contributed by atoms with Crippen LogP contribution >= 0.6 is 0 Å². The Morgan fingerprint density at radius 2 is 1.45 bits per heavy atom. The highest BCUT2D eigenvalue weighted by Crippen LogP contribution is 2.12. The first-order valence-electron chi connectivity index (χ1n) is 8.74. The fourth-order valence-corrected chi connectivity index (χ4v) is 2.32. The summed E-state index contributed by atoms with van der Waals surface area (Å²) in [5.41, 5.74) is 0. The first-order chi connectivity index (χ1) is 9.57. The van der Waals surface area contributed by atoms with Crippen molar-refractivity contribution in [3.8, 4) is 0 Å². The van der Waals surface area contributed by atoms with Crippen LogP contribution in [0.2, 0.25) is 0 Å². The first kappa shape index (κ1) is 19.5. The summed E-state index contributed by atoms with van der Waals surface area (Å²) in [5, 5.41) is 0. The zero-order chi connectivity index (χ0) is 15.2. The third kappa shape index (κ3) is 12.5. The predicted molar refractivity (Wildman–Crippen MR) is 86.8 cm³/mol. The van der Waals surface area contributed by atoms with Gasteiger partial charge in [0, 0.05) is 0 Å². The van der Waals surface area contributed by atoms with Gasteiger partial charge in [-0.15, -0.1) is 0 Å². The van der Waals surface area contributed by atoms with E-state index < -0.39 is 0 Å². The van der Waals surface area contributed by atoms with E-state index in [1.165, 1.54) is 44.9 Å². The van der Waals surface area contributed by atoms with Gasteiger partial charge in [0.25, 0.3) is 0 Å². The lowest BCUT2D eigenvalue weighted by atomic mass is 10.0. The zero-order valence-corrected chi connectivity index (χ0v) is 14.2. The molecule has 2 heteroatoms. The van der Waals surface area contributed by atoms with Crippen LogP contribution in [0.5, 0.6) is 0 Å². The molecule has 0 saturated carbocycles. The van der Waals surface area contributed by atoms with Gasteiger partial charge in [-0.3, -0.25) is 4.79 Å². The minimum absolute atomic E-state index is 0.000843. The standard InChI is InChI=1S/C18H36O2/c1-5-6-10-14-17(4)18(19)20-15-12-9-7-8-11-13-16(2)3/h16-17H,5-15H2,1-4H3. The van der Waals surface area contributed by atoms with Crippen molar-refractivity contribution in [2.45, 2.75) is 91.9 Å². The lowest BCUT2D eigenvalue weighted by molar-refractivity contribution is -0.148. The minimum atomic E-state index is 0.000843. The van der Waals surface area contributed by atoms with Crippen molar-refractivity contribution in [1.29, 1.82) is 0 Å². The predicted octanol–water partition coefficient (Wildman–Crippen LogP) is 5.74. The summed E-state index contributed by atoms with van der Waals surface area (Å²) in [6.45, 7) is 9.34. The lowest BCUT2D eigenvalue weighted by Gasteiger charge is -2.11. The van der Waals surface area contributed by atoms with Gasteiger partial charge in [-0.25, -0.2) is 0 Å². The SMILES string of the molecule is CCCCCC(C)C(=O)OCCCCCCCC(C)C. The average molecular weight is 284 g/mol. The number of carbonyl (C=O) groups is 1. The van der Waals surface area contributed by atoms with Crippen molar-refractivity contribution in [3.63, 3.8) is 0 Å². The van der Waals surface area contributed by atoms with Gasteiger partial charge >= 0.3 is 5.97 Å². The van der Waals surface area contributed by atoms with E-state index in [1.807, 2.05) is 6.92 Å². The maximum absolute atomic E-state index is 11.7. The average Bonchev–Trinajstić information content (AvgIpc) is 2.41. The maximum atomic E-state index is 11.7. The van der Waals surface area contributed by atoms with Crippen molar-refractivity contribution >= 4 is 5.97 Å². The number of hydrogen-bond acceptors (Lipinski definition) is 2. The number of carbonyl (C=O) groups excluding carboxylic acids is 1. The van der Waals surface area contributed by atoms with Gasteiger partial charge in [-0.05, 0) is 18.8 Å². The molecule has 1 atom stereocenters. The van der Waals surface area contributed by atoms with Gasteiger partial charge in [0.1, 0.15) is 0 Å². The molecular formula is C18H36O2. The smallest absolute Gasteiger partial charge is 0.308 e. The zero-order valence-electron chi connectivity index (χ0n) is 14.2. The van der Waals surface area contributed by atoms with Crippen LogP contribution in [-0.2, 0) is 9.53 Å². The maximum Gasteiger partial charge on any atom is 0.308 e. The molecule has 1 unspecified atom stereocenters. The summed E-state index contributed by atoms with van der Waals surface area (Å²) in [7, 11) is 0. The molecule has 0 amide bonds. The second-order valence-electron chi connectivity index (χ2n) is 6.51. The summed E-state index contributed by atoms with van der Waals surface area (Å²) in [4.78, 5) is 11.7. The fourth-order valence-electron chi connectivity index (χ4n) is 2.32. The normalized spacial score (nSPS) is 12.7. The molecule has 0 aliphatic rings. The van der Waals surface area contributed by atoms with Gasteiger partial charge in [0.05, 0.1) is 12.5 Å². The number of ether oxygens (including phenoxy) is 1. The van der Waals surface area contributed by atoms with Gasteiger partial charge in [0.2, 0.25) is 0 Å². The highest BCUT2D eigenvalue weighted by molar-refractivity contribution is 5.71. The van der Waals surface area contributed by atoms with Crippen LogP contribution in [0.3, 0.4) is 0 Å². The minimum Gasteiger partial charge on any atom is -0.465 e. The summed E-state index contributed by atoms with van der Waals surface area (Å²) in [5.74, 6) is 0.902. The van der Waals surface area contributed by atoms with E-state index in [9.17, 15) is 4.79 Å². The van der Waals surface area contributed by atoms with E-state index in [1.54, 1.807) is 0 Å². The molecule has 0 rings (SSSR count). The molecular weight excluding hydrogens is 248 g/mol. The Morgan fingerprint density at radius 3 is 2.10 bits per heavy atom. The largest absolute Gasteiger partial charge is 0.465 e. The summed E-state index contributed by atoms with van der Waals surface area (Å²) in [6, 6.07) is 0. The molecule has 120 valence electrons. The molecule has 0 spiro atoms. The van der Waals surface area contributed by atoms with E-state index in [-0.39, 0.29) is 11.9 Å². The van der Waals surface area contributed by atoms with Crippen LogP contribution in [0.25, 0.3) is 0 Å². The number of unbranched alkanes of at least 4 members (excludes halogenated alkanes) is 6. The number of rotatable bonds is 13. The molecule has 0 heterocycles. The Hall–Kier alpha value is -0.530. The molecule has 2 nitrogen and oxygen atoms in total. The second kappa shape index (κ2) is 13.5. The van der Waals surface area contributed by atoms with Gasteiger partial charge in [-0.1, -0.05) is 79.1 Å².